The van der Waals surface area contributed by atoms with Crippen molar-refractivity contribution in [2.45, 2.75) is 32.4 Å². The fraction of sp³-hybridized carbons (Fsp3) is 0.500. The molecule has 0 aromatic heterocycles. The van der Waals surface area contributed by atoms with Gasteiger partial charge in [0.2, 0.25) is 5.91 Å². The standard InChI is InChI=1S/C14H22N2O3/c1-9(16-13(17)14(2,3)15)10-6-7-11(18-4)12(8-10)19-5/h6-9H,15H2,1-5H3,(H,16,17). The third-order valence-corrected chi connectivity index (χ3v) is 2.84. The number of hydrogen-bond acceptors (Lipinski definition) is 4. The number of carbonyl (C=O) groups is 1. The predicted molar refractivity (Wildman–Crippen MR) is 74.4 cm³/mol. The van der Waals surface area contributed by atoms with Crippen molar-refractivity contribution in [3.05, 3.63) is 23.8 Å². The van der Waals surface area contributed by atoms with E-state index >= 15 is 0 Å². The number of rotatable bonds is 5. The van der Waals surface area contributed by atoms with Crippen LogP contribution in [0.3, 0.4) is 0 Å². The van der Waals surface area contributed by atoms with Gasteiger partial charge in [0.05, 0.1) is 25.8 Å². The van der Waals surface area contributed by atoms with Gasteiger partial charge >= 0.3 is 0 Å². The van der Waals surface area contributed by atoms with E-state index in [1.807, 2.05) is 25.1 Å². The number of hydrogen-bond donors (Lipinski definition) is 2. The molecule has 0 aliphatic heterocycles. The summed E-state index contributed by atoms with van der Waals surface area (Å²) in [6, 6.07) is 5.38. The third-order valence-electron chi connectivity index (χ3n) is 2.84. The first-order valence-corrected chi connectivity index (χ1v) is 6.11. The maximum absolute atomic E-state index is 11.8. The summed E-state index contributed by atoms with van der Waals surface area (Å²) in [6.45, 7) is 5.23. The van der Waals surface area contributed by atoms with Crippen molar-refractivity contribution in [1.29, 1.82) is 0 Å². The molecular formula is C14H22N2O3. The molecule has 1 unspecified atom stereocenters. The van der Waals surface area contributed by atoms with Crippen LogP contribution in [0.15, 0.2) is 18.2 Å². The number of benzene rings is 1. The Morgan fingerprint density at radius 3 is 2.32 bits per heavy atom. The van der Waals surface area contributed by atoms with E-state index in [0.717, 1.165) is 5.56 Å². The summed E-state index contributed by atoms with van der Waals surface area (Å²) >= 11 is 0. The Morgan fingerprint density at radius 2 is 1.84 bits per heavy atom. The van der Waals surface area contributed by atoms with Gasteiger partial charge in [-0.1, -0.05) is 6.07 Å². The van der Waals surface area contributed by atoms with E-state index in [4.69, 9.17) is 15.2 Å². The zero-order chi connectivity index (χ0) is 14.6. The van der Waals surface area contributed by atoms with Crippen molar-refractivity contribution in [3.8, 4) is 11.5 Å². The van der Waals surface area contributed by atoms with Gasteiger partial charge in [0.25, 0.3) is 0 Å². The van der Waals surface area contributed by atoms with Crippen LogP contribution >= 0.6 is 0 Å². The largest absolute Gasteiger partial charge is 0.493 e. The maximum atomic E-state index is 11.8. The van der Waals surface area contributed by atoms with E-state index < -0.39 is 5.54 Å². The fourth-order valence-corrected chi connectivity index (χ4v) is 1.59. The number of nitrogens with two attached hydrogens (primary N) is 1. The van der Waals surface area contributed by atoms with E-state index in [2.05, 4.69) is 5.32 Å². The molecule has 1 aromatic rings. The van der Waals surface area contributed by atoms with E-state index in [9.17, 15) is 4.79 Å². The lowest BCUT2D eigenvalue weighted by Gasteiger charge is -2.22. The average molecular weight is 266 g/mol. The van der Waals surface area contributed by atoms with Gasteiger partial charge in [-0.3, -0.25) is 4.79 Å². The highest BCUT2D eigenvalue weighted by Crippen LogP contribution is 2.29. The van der Waals surface area contributed by atoms with Crippen LogP contribution in [0.5, 0.6) is 11.5 Å². The molecule has 5 heteroatoms. The summed E-state index contributed by atoms with van der Waals surface area (Å²) in [7, 11) is 3.16. The van der Waals surface area contributed by atoms with Gasteiger partial charge in [0.1, 0.15) is 0 Å². The monoisotopic (exact) mass is 266 g/mol. The number of amides is 1. The van der Waals surface area contributed by atoms with Crippen LogP contribution in [0.4, 0.5) is 0 Å². The first-order valence-electron chi connectivity index (χ1n) is 6.11. The molecule has 1 amide bonds. The molecule has 0 fully saturated rings. The Morgan fingerprint density at radius 1 is 1.26 bits per heavy atom. The topological polar surface area (TPSA) is 73.6 Å². The maximum Gasteiger partial charge on any atom is 0.239 e. The van der Waals surface area contributed by atoms with Gasteiger partial charge in [-0.25, -0.2) is 0 Å². The Kier molecular flexibility index (Phi) is 4.78. The van der Waals surface area contributed by atoms with Crippen LogP contribution in [0, 0.1) is 0 Å². The van der Waals surface area contributed by atoms with Gasteiger partial charge in [0.15, 0.2) is 11.5 Å². The molecule has 0 aliphatic rings. The molecule has 0 heterocycles. The van der Waals surface area contributed by atoms with Crippen LogP contribution in [0.1, 0.15) is 32.4 Å². The second kappa shape index (κ2) is 5.93. The fourth-order valence-electron chi connectivity index (χ4n) is 1.59. The Bertz CT molecular complexity index is 452. The van der Waals surface area contributed by atoms with Crippen LogP contribution < -0.4 is 20.5 Å². The lowest BCUT2D eigenvalue weighted by atomic mass is 10.0. The molecule has 1 rings (SSSR count). The Labute approximate surface area is 114 Å². The first kappa shape index (κ1) is 15.3. The summed E-state index contributed by atoms with van der Waals surface area (Å²) < 4.78 is 10.4. The minimum Gasteiger partial charge on any atom is -0.493 e. The normalized spacial score (nSPS) is 12.7. The summed E-state index contributed by atoms with van der Waals surface area (Å²) in [6.07, 6.45) is 0. The molecule has 0 aliphatic carbocycles. The van der Waals surface area contributed by atoms with Gasteiger partial charge < -0.3 is 20.5 Å². The molecule has 0 bridgehead atoms. The molecule has 1 atom stereocenters. The molecule has 1 aromatic carbocycles. The van der Waals surface area contributed by atoms with Crippen molar-refractivity contribution < 1.29 is 14.3 Å². The van der Waals surface area contributed by atoms with Crippen LogP contribution in [0.25, 0.3) is 0 Å². The summed E-state index contributed by atoms with van der Waals surface area (Å²) in [5.74, 6) is 1.09. The average Bonchev–Trinajstić information content (AvgIpc) is 2.36. The Hall–Kier alpha value is -1.75. The van der Waals surface area contributed by atoms with Crippen LogP contribution in [-0.4, -0.2) is 25.7 Å². The summed E-state index contributed by atoms with van der Waals surface area (Å²) in [5.41, 5.74) is 5.78. The van der Waals surface area contributed by atoms with E-state index in [0.29, 0.717) is 11.5 Å². The second-order valence-electron chi connectivity index (χ2n) is 5.03. The molecule has 0 saturated heterocycles. The molecule has 5 nitrogen and oxygen atoms in total. The lowest BCUT2D eigenvalue weighted by Crippen LogP contribution is -2.49. The first-order chi connectivity index (χ1) is 8.79. The van der Waals surface area contributed by atoms with Crippen molar-refractivity contribution in [3.63, 3.8) is 0 Å². The third kappa shape index (κ3) is 3.86. The van der Waals surface area contributed by atoms with Crippen molar-refractivity contribution >= 4 is 5.91 Å². The van der Waals surface area contributed by atoms with Crippen LogP contribution in [-0.2, 0) is 4.79 Å². The van der Waals surface area contributed by atoms with Gasteiger partial charge in [-0.05, 0) is 38.5 Å². The van der Waals surface area contributed by atoms with Gasteiger partial charge in [0, 0.05) is 0 Å². The SMILES string of the molecule is COc1ccc(C(C)NC(=O)C(C)(C)N)cc1OC. The van der Waals surface area contributed by atoms with Gasteiger partial charge in [-0.2, -0.15) is 0 Å². The van der Waals surface area contributed by atoms with Crippen molar-refractivity contribution in [2.24, 2.45) is 5.73 Å². The van der Waals surface area contributed by atoms with E-state index in [1.165, 1.54) is 0 Å². The van der Waals surface area contributed by atoms with E-state index in [1.54, 1.807) is 28.1 Å². The zero-order valence-corrected chi connectivity index (χ0v) is 12.1. The van der Waals surface area contributed by atoms with Gasteiger partial charge in [-0.15, -0.1) is 0 Å². The zero-order valence-electron chi connectivity index (χ0n) is 12.1. The lowest BCUT2D eigenvalue weighted by molar-refractivity contribution is -0.125. The molecular weight excluding hydrogens is 244 g/mol. The Balaban J connectivity index is 2.89. The van der Waals surface area contributed by atoms with Crippen molar-refractivity contribution in [2.75, 3.05) is 14.2 Å². The van der Waals surface area contributed by atoms with Crippen molar-refractivity contribution in [1.82, 2.24) is 5.32 Å². The number of methoxy groups -OCH3 is 2. The number of nitrogens with one attached hydrogen (secondary N) is 1. The summed E-state index contributed by atoms with van der Waals surface area (Å²) in [4.78, 5) is 11.8. The highest BCUT2D eigenvalue weighted by Gasteiger charge is 2.23. The smallest absolute Gasteiger partial charge is 0.239 e. The molecule has 0 radical (unpaired) electrons. The number of ether oxygens (including phenoxy) is 2. The predicted octanol–water partition coefficient (Wildman–Crippen LogP) is 1.62. The minimum absolute atomic E-state index is 0.157. The highest BCUT2D eigenvalue weighted by atomic mass is 16.5. The second-order valence-corrected chi connectivity index (χ2v) is 5.03. The number of carbonyl (C=O) groups excluding carboxylic acids is 1. The molecule has 0 saturated carbocycles. The summed E-state index contributed by atoms with van der Waals surface area (Å²) in [5, 5.41) is 2.86. The highest BCUT2D eigenvalue weighted by molar-refractivity contribution is 5.85. The molecule has 0 spiro atoms. The molecule has 106 valence electrons. The molecule has 19 heavy (non-hydrogen) atoms. The quantitative estimate of drug-likeness (QED) is 0.849. The minimum atomic E-state index is -0.898. The van der Waals surface area contributed by atoms with Crippen LogP contribution in [0.2, 0.25) is 0 Å². The van der Waals surface area contributed by atoms with E-state index in [-0.39, 0.29) is 11.9 Å². The molecule has 3 N–H and O–H groups in total.